The first kappa shape index (κ1) is 26.9. The third-order valence-corrected chi connectivity index (χ3v) is 8.55. The van der Waals surface area contributed by atoms with Crippen LogP contribution in [0.3, 0.4) is 0 Å². The molecular formula is C21H26N10O7P2+2. The third kappa shape index (κ3) is 5.37. The molecule has 19 heteroatoms. The highest BCUT2D eigenvalue weighted by Gasteiger charge is 2.44. The van der Waals surface area contributed by atoms with Gasteiger partial charge in [0.05, 0.1) is 24.9 Å². The van der Waals surface area contributed by atoms with Crippen LogP contribution in [0.1, 0.15) is 31.7 Å². The van der Waals surface area contributed by atoms with Crippen LogP contribution in [0, 0.1) is 5.92 Å². The van der Waals surface area contributed by atoms with Crippen LogP contribution >= 0.6 is 16.3 Å². The van der Waals surface area contributed by atoms with Crippen molar-refractivity contribution in [3.8, 4) is 0 Å². The Kier molecular flexibility index (Phi) is 7.59. The van der Waals surface area contributed by atoms with E-state index in [0.29, 0.717) is 47.4 Å². The lowest BCUT2D eigenvalue weighted by Gasteiger charge is -2.14. The smallest absolute Gasteiger partial charge is 0.382 e. The van der Waals surface area contributed by atoms with Gasteiger partial charge in [0.15, 0.2) is 29.1 Å². The van der Waals surface area contributed by atoms with Gasteiger partial charge in [-0.25, -0.2) is 29.9 Å². The minimum absolute atomic E-state index is 0.137. The number of hydrogen-bond donors (Lipinski definition) is 3. The van der Waals surface area contributed by atoms with E-state index in [-0.39, 0.29) is 43.4 Å². The van der Waals surface area contributed by atoms with Gasteiger partial charge in [-0.2, -0.15) is 0 Å². The number of anilines is 2. The zero-order chi connectivity index (χ0) is 27.8. The van der Waals surface area contributed by atoms with Gasteiger partial charge >= 0.3 is 16.3 Å². The van der Waals surface area contributed by atoms with Gasteiger partial charge in [0.1, 0.15) is 49.4 Å². The van der Waals surface area contributed by atoms with Crippen LogP contribution in [0.4, 0.5) is 11.6 Å². The number of rotatable bonds is 10. The van der Waals surface area contributed by atoms with Gasteiger partial charge in [0, 0.05) is 16.9 Å². The largest absolute Gasteiger partial charge is 0.694 e. The minimum atomic E-state index is -2.82. The van der Waals surface area contributed by atoms with Crippen molar-refractivity contribution in [2.45, 2.75) is 43.9 Å². The summed E-state index contributed by atoms with van der Waals surface area (Å²) >= 11 is 0. The predicted octanol–water partition coefficient (Wildman–Crippen LogP) is 1.84. The zero-order valence-corrected chi connectivity index (χ0v) is 22.8. The van der Waals surface area contributed by atoms with E-state index in [1.54, 1.807) is 21.8 Å². The number of ether oxygens (including phenoxy) is 2. The molecule has 0 aliphatic carbocycles. The highest BCUT2D eigenvalue weighted by atomic mass is 31.1. The molecule has 4 unspecified atom stereocenters. The van der Waals surface area contributed by atoms with Crippen molar-refractivity contribution in [3.63, 3.8) is 0 Å². The minimum Gasteiger partial charge on any atom is -0.382 e. The van der Waals surface area contributed by atoms with Gasteiger partial charge in [0.2, 0.25) is 0 Å². The van der Waals surface area contributed by atoms with Crippen LogP contribution in [-0.2, 0) is 27.7 Å². The molecule has 4 aromatic heterocycles. The second-order valence-corrected chi connectivity index (χ2v) is 11.4. The molecule has 17 nitrogen and oxygen atoms in total. The molecule has 6 rings (SSSR count). The summed E-state index contributed by atoms with van der Waals surface area (Å²) < 4.78 is 50.5. The molecule has 2 aliphatic rings. The first-order chi connectivity index (χ1) is 19.4. The van der Waals surface area contributed by atoms with Crippen LogP contribution in [-0.4, -0.2) is 75.5 Å². The molecule has 2 aliphatic heterocycles. The second kappa shape index (κ2) is 11.3. The monoisotopic (exact) mass is 592 g/mol. The second-order valence-electron chi connectivity index (χ2n) is 9.43. The summed E-state index contributed by atoms with van der Waals surface area (Å²) in [6, 6.07) is 0. The van der Waals surface area contributed by atoms with Gasteiger partial charge in [-0.05, 0) is 17.4 Å². The molecule has 0 radical (unpaired) electrons. The third-order valence-electron chi connectivity index (χ3n) is 6.98. The first-order valence-corrected chi connectivity index (χ1v) is 14.9. The molecule has 0 amide bonds. The molecule has 2 fully saturated rings. The van der Waals surface area contributed by atoms with Crippen molar-refractivity contribution in [1.82, 2.24) is 39.0 Å². The summed E-state index contributed by atoms with van der Waals surface area (Å²) in [4.78, 5) is 34.1. The average Bonchev–Trinajstić information content (AvgIpc) is 3.72. The van der Waals surface area contributed by atoms with Crippen LogP contribution in [0.15, 0.2) is 25.3 Å². The van der Waals surface area contributed by atoms with Gasteiger partial charge < -0.3 is 20.9 Å². The summed E-state index contributed by atoms with van der Waals surface area (Å²) in [7, 11) is -4.92. The molecule has 0 spiro atoms. The molecule has 0 saturated carbocycles. The number of nitrogens with two attached hydrogens (primary N) is 2. The number of hydrogen-bond acceptors (Lipinski definition) is 14. The fourth-order valence-corrected chi connectivity index (χ4v) is 6.53. The fourth-order valence-electron chi connectivity index (χ4n) is 5.05. The van der Waals surface area contributed by atoms with E-state index in [0.717, 1.165) is 0 Å². The molecule has 210 valence electrons. The van der Waals surface area contributed by atoms with E-state index in [1.165, 1.54) is 12.7 Å². The molecule has 40 heavy (non-hydrogen) atoms. The van der Waals surface area contributed by atoms with E-state index in [4.69, 9.17) is 34.9 Å². The number of aromatic nitrogens is 8. The Balaban J connectivity index is 1.07. The molecule has 0 aromatic carbocycles. The summed E-state index contributed by atoms with van der Waals surface area (Å²) in [5.41, 5.74) is 13.8. The lowest BCUT2D eigenvalue weighted by molar-refractivity contribution is -0.0234. The Morgan fingerprint density at radius 2 is 1.52 bits per heavy atom. The molecule has 0 bridgehead atoms. The van der Waals surface area contributed by atoms with E-state index >= 15 is 0 Å². The van der Waals surface area contributed by atoms with Crippen molar-refractivity contribution >= 4 is 50.2 Å². The average molecular weight is 592 g/mol. The molecule has 7 atom stereocenters. The summed E-state index contributed by atoms with van der Waals surface area (Å²) in [5, 5.41) is 0. The van der Waals surface area contributed by atoms with Gasteiger partial charge in [-0.1, -0.05) is 0 Å². The van der Waals surface area contributed by atoms with Gasteiger partial charge in [-0.15, -0.1) is 13.9 Å². The van der Waals surface area contributed by atoms with E-state index in [9.17, 15) is 9.13 Å². The number of imidazole rings is 2. The maximum absolute atomic E-state index is 13.0. The Hall–Kier alpha value is -3.30. The van der Waals surface area contributed by atoms with Crippen LogP contribution < -0.4 is 11.5 Å². The zero-order valence-electron chi connectivity index (χ0n) is 21.0. The normalized spacial score (nSPS) is 25.7. The lowest BCUT2D eigenvalue weighted by Crippen LogP contribution is -2.23. The Morgan fingerprint density at radius 3 is 2.17 bits per heavy atom. The SMILES string of the molecule is Nc1ncnc2c1ncn2[C@H]1CCC(CO[P+](=O)C[C@H]2C[C@H](n3cnc4c(N)ncnc43)OC2CO[P+](=O)O)O1. The fraction of sp³-hybridized carbons (Fsp3) is 0.524. The summed E-state index contributed by atoms with van der Waals surface area (Å²) in [5.74, 6) is 0.242. The van der Waals surface area contributed by atoms with Crippen molar-refractivity contribution in [2.24, 2.45) is 5.92 Å². The van der Waals surface area contributed by atoms with E-state index in [1.807, 2.05) is 0 Å². The quantitative estimate of drug-likeness (QED) is 0.223. The Morgan fingerprint density at radius 1 is 0.875 bits per heavy atom. The van der Waals surface area contributed by atoms with Crippen molar-refractivity contribution in [1.29, 1.82) is 0 Å². The van der Waals surface area contributed by atoms with Crippen molar-refractivity contribution in [3.05, 3.63) is 25.3 Å². The Labute approximate surface area is 228 Å². The number of fused-ring (bicyclic) bond motifs is 2. The van der Waals surface area contributed by atoms with Crippen molar-refractivity contribution < 1.29 is 32.5 Å². The number of nitrogens with zero attached hydrogens (tertiary/aromatic N) is 8. The van der Waals surface area contributed by atoms with E-state index in [2.05, 4.69) is 29.9 Å². The lowest BCUT2D eigenvalue weighted by atomic mass is 10.0. The molecule has 6 heterocycles. The highest BCUT2D eigenvalue weighted by molar-refractivity contribution is 7.39. The van der Waals surface area contributed by atoms with Crippen LogP contribution in [0.25, 0.3) is 22.3 Å². The molecule has 4 aromatic rings. The maximum Gasteiger partial charge on any atom is 0.694 e. The predicted molar refractivity (Wildman–Crippen MR) is 139 cm³/mol. The van der Waals surface area contributed by atoms with Gasteiger partial charge in [-0.3, -0.25) is 9.13 Å². The van der Waals surface area contributed by atoms with Gasteiger partial charge in [0.25, 0.3) is 0 Å². The first-order valence-electron chi connectivity index (χ1n) is 12.4. The van der Waals surface area contributed by atoms with E-state index < -0.39 is 28.6 Å². The standard InChI is InChI=1S/C21H25N10O7P2/c22-18-16-20(26-7-24-18)30(9-28-16)14-2-1-12(37-14)4-35-39(32)6-11-3-15(38-13(11)5-36-40(33)34)31-10-29-17-19(23)25-8-27-21(17)31/h7-15H,1-6H2,(H4-,22,23,24,25,26,27,33,34)/q+1/p+1/t11-,12?,13?,14-,15-/m1/s1. The number of nitrogen functional groups attached to an aromatic ring is 2. The summed E-state index contributed by atoms with van der Waals surface area (Å²) in [6.45, 7) is -0.0152. The molecule has 2 saturated heterocycles. The maximum atomic E-state index is 13.0. The van der Waals surface area contributed by atoms with Crippen LogP contribution in [0.2, 0.25) is 0 Å². The van der Waals surface area contributed by atoms with Crippen molar-refractivity contribution in [2.75, 3.05) is 30.8 Å². The highest BCUT2D eigenvalue weighted by Crippen LogP contribution is 2.42. The van der Waals surface area contributed by atoms with Crippen LogP contribution in [0.5, 0.6) is 0 Å². The summed E-state index contributed by atoms with van der Waals surface area (Å²) in [6.07, 6.45) is 6.14. The topological polar surface area (TPSA) is 231 Å². The molecule has 5 N–H and O–H groups in total. The Bertz CT molecular complexity index is 1570. The molecular weight excluding hydrogens is 566 g/mol.